The van der Waals surface area contributed by atoms with Crippen molar-refractivity contribution in [2.45, 2.75) is 31.6 Å². The van der Waals surface area contributed by atoms with Gasteiger partial charge in [0.1, 0.15) is 5.75 Å². The van der Waals surface area contributed by atoms with Gasteiger partial charge in [-0.15, -0.1) is 0 Å². The number of anilines is 1. The molecular weight excluding hydrogens is 400 g/mol. The van der Waals surface area contributed by atoms with Crippen molar-refractivity contribution in [3.8, 4) is 5.75 Å². The number of hydrogen-bond acceptors (Lipinski definition) is 4. The molecule has 2 aromatic carbocycles. The van der Waals surface area contributed by atoms with Crippen LogP contribution < -0.4 is 15.2 Å². The molecule has 28 heavy (non-hydrogen) atoms. The van der Waals surface area contributed by atoms with Crippen LogP contribution in [0.15, 0.2) is 47.4 Å². The van der Waals surface area contributed by atoms with Gasteiger partial charge in [0, 0.05) is 10.9 Å². The zero-order chi connectivity index (χ0) is 20.7. The van der Waals surface area contributed by atoms with Crippen LogP contribution in [-0.4, -0.2) is 20.9 Å². The average molecular weight is 423 g/mol. The van der Waals surface area contributed by atoms with E-state index in [-0.39, 0.29) is 28.1 Å². The molecule has 8 heteroatoms. The van der Waals surface area contributed by atoms with Crippen molar-refractivity contribution in [2.24, 2.45) is 16.5 Å². The molecule has 1 amide bonds. The zero-order valence-electron chi connectivity index (χ0n) is 15.9. The first-order chi connectivity index (χ1) is 13.1. The Hall–Kier alpha value is -2.09. The molecule has 1 aliphatic carbocycles. The second-order valence-corrected chi connectivity index (χ2v) is 9.45. The van der Waals surface area contributed by atoms with E-state index in [0.29, 0.717) is 23.1 Å². The third-order valence-corrected chi connectivity index (χ3v) is 6.34. The summed E-state index contributed by atoms with van der Waals surface area (Å²) < 4.78 is 28.4. The number of sulfonamides is 1. The molecule has 0 heterocycles. The normalized spacial score (nSPS) is 20.5. The fraction of sp³-hybridized carbons (Fsp3) is 0.350. The highest BCUT2D eigenvalue weighted by Gasteiger charge is 2.62. The third kappa shape index (κ3) is 4.01. The van der Waals surface area contributed by atoms with E-state index in [1.54, 1.807) is 30.3 Å². The van der Waals surface area contributed by atoms with E-state index < -0.39 is 10.0 Å². The maximum atomic E-state index is 12.9. The summed E-state index contributed by atoms with van der Waals surface area (Å²) in [6.07, 6.45) is 0. The summed E-state index contributed by atoms with van der Waals surface area (Å²) in [7, 11) is -3.74. The summed E-state index contributed by atoms with van der Waals surface area (Å²) in [5.41, 5.74) is 1.16. The lowest BCUT2D eigenvalue weighted by Crippen LogP contribution is -2.17. The Bertz CT molecular complexity index is 1000. The Morgan fingerprint density at radius 3 is 2.43 bits per heavy atom. The first-order valence-electron chi connectivity index (χ1n) is 8.91. The predicted octanol–water partition coefficient (Wildman–Crippen LogP) is 3.76. The number of nitrogens with one attached hydrogen (secondary N) is 1. The van der Waals surface area contributed by atoms with Gasteiger partial charge in [0.05, 0.1) is 23.1 Å². The van der Waals surface area contributed by atoms with E-state index >= 15 is 0 Å². The summed E-state index contributed by atoms with van der Waals surface area (Å²) in [5, 5.41) is 8.58. The summed E-state index contributed by atoms with van der Waals surface area (Å²) >= 11 is 6.06. The maximum absolute atomic E-state index is 12.9. The van der Waals surface area contributed by atoms with Crippen molar-refractivity contribution in [1.29, 1.82) is 0 Å². The lowest BCUT2D eigenvalue weighted by Gasteiger charge is -2.12. The van der Waals surface area contributed by atoms with E-state index in [4.69, 9.17) is 21.5 Å². The third-order valence-electron chi connectivity index (χ3n) is 5.18. The smallest absolute Gasteiger partial charge is 0.238 e. The Kier molecular flexibility index (Phi) is 5.44. The Balaban J connectivity index is 1.81. The van der Waals surface area contributed by atoms with E-state index in [9.17, 15) is 13.2 Å². The van der Waals surface area contributed by atoms with Crippen LogP contribution in [0.4, 0.5) is 5.69 Å². The molecule has 1 aliphatic rings. The monoisotopic (exact) mass is 422 g/mol. The van der Waals surface area contributed by atoms with Crippen LogP contribution in [0.25, 0.3) is 0 Å². The standard InChI is InChI=1S/C20H23ClN2O4S/c1-4-27-16-10-7-13(21)11-15(16)23-19(24)18-17(20(18,2)3)12-5-8-14(9-6-12)28(22,25)26/h5-11,17-18H,4H2,1-3H3,(H,23,24)(H2,22,25,26). The van der Waals surface area contributed by atoms with E-state index in [1.807, 2.05) is 20.8 Å². The number of primary sulfonamides is 1. The molecule has 1 saturated carbocycles. The Morgan fingerprint density at radius 2 is 1.86 bits per heavy atom. The highest BCUT2D eigenvalue weighted by Crippen LogP contribution is 2.64. The van der Waals surface area contributed by atoms with Gasteiger partial charge in [0.15, 0.2) is 0 Å². The fourth-order valence-corrected chi connectivity index (χ4v) is 4.39. The SMILES string of the molecule is CCOc1ccc(Cl)cc1NC(=O)C1C(c2ccc(S(N)(=O)=O)cc2)C1(C)C. The molecule has 0 aliphatic heterocycles. The van der Waals surface area contributed by atoms with Crippen molar-refractivity contribution in [2.75, 3.05) is 11.9 Å². The lowest BCUT2D eigenvalue weighted by atomic mass is 10.0. The average Bonchev–Trinajstić information content (AvgIpc) is 3.19. The van der Waals surface area contributed by atoms with Gasteiger partial charge in [-0.2, -0.15) is 0 Å². The van der Waals surface area contributed by atoms with Gasteiger partial charge < -0.3 is 10.1 Å². The number of ether oxygens (including phenoxy) is 1. The topological polar surface area (TPSA) is 98.5 Å². The van der Waals surface area contributed by atoms with Crippen LogP contribution in [0, 0.1) is 11.3 Å². The predicted molar refractivity (Wildman–Crippen MR) is 109 cm³/mol. The number of rotatable bonds is 6. The van der Waals surface area contributed by atoms with Crippen LogP contribution >= 0.6 is 11.6 Å². The zero-order valence-corrected chi connectivity index (χ0v) is 17.5. The molecule has 0 bridgehead atoms. The van der Waals surface area contributed by atoms with Crippen molar-refractivity contribution >= 4 is 33.2 Å². The maximum Gasteiger partial charge on any atom is 0.238 e. The van der Waals surface area contributed by atoms with Gasteiger partial charge in [0.25, 0.3) is 0 Å². The van der Waals surface area contributed by atoms with Crippen LogP contribution in [0.2, 0.25) is 5.02 Å². The van der Waals surface area contributed by atoms with Gasteiger partial charge in [-0.25, -0.2) is 13.6 Å². The minimum absolute atomic E-state index is 0.0308. The van der Waals surface area contributed by atoms with Gasteiger partial charge in [-0.1, -0.05) is 37.6 Å². The number of halogens is 1. The molecule has 2 aromatic rings. The second-order valence-electron chi connectivity index (χ2n) is 7.45. The van der Waals surface area contributed by atoms with Crippen LogP contribution in [0.5, 0.6) is 5.75 Å². The number of nitrogens with two attached hydrogens (primary N) is 1. The Labute approximate surface area is 170 Å². The minimum atomic E-state index is -3.74. The molecule has 0 saturated heterocycles. The number of amides is 1. The number of benzene rings is 2. The molecule has 0 spiro atoms. The summed E-state index contributed by atoms with van der Waals surface area (Å²) in [4.78, 5) is 13.0. The Morgan fingerprint density at radius 1 is 1.21 bits per heavy atom. The highest BCUT2D eigenvalue weighted by molar-refractivity contribution is 7.89. The molecule has 0 radical (unpaired) electrons. The highest BCUT2D eigenvalue weighted by atomic mass is 35.5. The summed E-state index contributed by atoms with van der Waals surface area (Å²) in [6, 6.07) is 11.5. The van der Waals surface area contributed by atoms with Gasteiger partial charge in [-0.3, -0.25) is 4.79 Å². The summed E-state index contributed by atoms with van der Waals surface area (Å²) in [6.45, 7) is 6.36. The van der Waals surface area contributed by atoms with Crippen LogP contribution in [0.3, 0.4) is 0 Å². The van der Waals surface area contributed by atoms with Crippen molar-refractivity contribution in [3.63, 3.8) is 0 Å². The molecule has 3 rings (SSSR count). The molecule has 2 unspecified atom stereocenters. The molecule has 2 atom stereocenters. The molecule has 0 aromatic heterocycles. The van der Waals surface area contributed by atoms with E-state index in [0.717, 1.165) is 5.56 Å². The molecule has 6 nitrogen and oxygen atoms in total. The van der Waals surface area contributed by atoms with Crippen molar-refractivity contribution in [3.05, 3.63) is 53.1 Å². The van der Waals surface area contributed by atoms with Crippen molar-refractivity contribution in [1.82, 2.24) is 0 Å². The van der Waals surface area contributed by atoms with Gasteiger partial charge in [-0.05, 0) is 48.2 Å². The van der Waals surface area contributed by atoms with Gasteiger partial charge in [0.2, 0.25) is 15.9 Å². The fourth-order valence-electron chi connectivity index (χ4n) is 3.71. The van der Waals surface area contributed by atoms with Crippen molar-refractivity contribution < 1.29 is 17.9 Å². The largest absolute Gasteiger partial charge is 0.492 e. The van der Waals surface area contributed by atoms with E-state index in [2.05, 4.69) is 5.32 Å². The van der Waals surface area contributed by atoms with E-state index in [1.165, 1.54) is 12.1 Å². The molecule has 150 valence electrons. The lowest BCUT2D eigenvalue weighted by molar-refractivity contribution is -0.118. The molecule has 3 N–H and O–H groups in total. The minimum Gasteiger partial charge on any atom is -0.492 e. The number of carbonyl (C=O) groups excluding carboxylic acids is 1. The summed E-state index contributed by atoms with van der Waals surface area (Å²) in [5.74, 6) is 0.138. The first kappa shape index (κ1) is 20.6. The number of hydrogen-bond donors (Lipinski definition) is 2. The number of carbonyl (C=O) groups is 1. The van der Waals surface area contributed by atoms with Gasteiger partial charge >= 0.3 is 0 Å². The molecule has 1 fully saturated rings. The van der Waals surface area contributed by atoms with Crippen LogP contribution in [-0.2, 0) is 14.8 Å². The second kappa shape index (κ2) is 7.39. The first-order valence-corrected chi connectivity index (χ1v) is 10.8. The van der Waals surface area contributed by atoms with Crippen LogP contribution in [0.1, 0.15) is 32.3 Å². The molecular formula is C20H23ClN2O4S. The quantitative estimate of drug-likeness (QED) is 0.740.